The van der Waals surface area contributed by atoms with Gasteiger partial charge in [-0.1, -0.05) is 61.5 Å². The number of hydrogen-bond acceptors (Lipinski definition) is 4. The first-order valence-corrected chi connectivity index (χ1v) is 10.00. The van der Waals surface area contributed by atoms with Crippen LogP contribution in [0.25, 0.3) is 0 Å². The monoisotopic (exact) mass is 403 g/mol. The van der Waals surface area contributed by atoms with Crippen LogP contribution in [0.15, 0.2) is 78.9 Å². The fraction of sp³-hybridized carbons (Fsp3) is 0.200. The van der Waals surface area contributed by atoms with E-state index in [1.165, 1.54) is 0 Å². The summed E-state index contributed by atoms with van der Waals surface area (Å²) in [4.78, 5) is 25.8. The number of ether oxygens (including phenoxy) is 2. The van der Waals surface area contributed by atoms with E-state index in [-0.39, 0.29) is 0 Å². The third-order valence-electron chi connectivity index (χ3n) is 4.61. The summed E-state index contributed by atoms with van der Waals surface area (Å²) in [7, 11) is 0. The first-order valence-electron chi connectivity index (χ1n) is 10.00. The Hall–Kier alpha value is -3.60. The molecule has 0 saturated heterocycles. The molecule has 0 aliphatic carbocycles. The second-order valence-electron chi connectivity index (χ2n) is 6.66. The van der Waals surface area contributed by atoms with Crippen LogP contribution in [0.2, 0.25) is 0 Å². The first-order chi connectivity index (χ1) is 14.6. The van der Waals surface area contributed by atoms with Gasteiger partial charge < -0.3 is 14.8 Å². The summed E-state index contributed by atoms with van der Waals surface area (Å²) < 4.78 is 11.2. The molecule has 0 spiro atoms. The van der Waals surface area contributed by atoms with E-state index in [0.717, 1.165) is 12.0 Å². The topological polar surface area (TPSA) is 64.6 Å². The molecule has 154 valence electrons. The molecule has 0 heterocycles. The molecule has 5 nitrogen and oxygen atoms in total. The van der Waals surface area contributed by atoms with Gasteiger partial charge in [0.25, 0.3) is 5.91 Å². The second kappa shape index (κ2) is 10.3. The number of anilines is 1. The third-order valence-corrected chi connectivity index (χ3v) is 4.61. The fourth-order valence-corrected chi connectivity index (χ4v) is 3.00. The van der Waals surface area contributed by atoms with Crippen molar-refractivity contribution in [3.05, 3.63) is 95.6 Å². The van der Waals surface area contributed by atoms with Gasteiger partial charge in [-0.3, -0.25) is 4.79 Å². The van der Waals surface area contributed by atoms with Gasteiger partial charge in [0.15, 0.2) is 0 Å². The summed E-state index contributed by atoms with van der Waals surface area (Å²) in [6.07, 6.45) is -0.219. The average molecular weight is 403 g/mol. The summed E-state index contributed by atoms with van der Waals surface area (Å²) in [6.45, 7) is 4.39. The second-order valence-corrected chi connectivity index (χ2v) is 6.66. The zero-order valence-corrected chi connectivity index (χ0v) is 17.1. The van der Waals surface area contributed by atoms with E-state index in [4.69, 9.17) is 9.47 Å². The largest absolute Gasteiger partial charge is 0.492 e. The molecule has 0 saturated carbocycles. The SMILES string of the molecule is CCOc1ccccc1NC(=O)[C@H](OC(=O)c1ccc(CC)cc1)c1ccccc1. The van der Waals surface area contributed by atoms with Crippen molar-refractivity contribution in [2.45, 2.75) is 26.4 Å². The Morgan fingerprint density at radius 2 is 1.53 bits per heavy atom. The van der Waals surface area contributed by atoms with Crippen LogP contribution >= 0.6 is 0 Å². The van der Waals surface area contributed by atoms with Crippen molar-refractivity contribution in [2.24, 2.45) is 0 Å². The van der Waals surface area contributed by atoms with Gasteiger partial charge in [0.2, 0.25) is 6.10 Å². The fourth-order valence-electron chi connectivity index (χ4n) is 3.00. The van der Waals surface area contributed by atoms with Crippen LogP contribution in [0.4, 0.5) is 5.69 Å². The molecule has 3 aromatic rings. The summed E-state index contributed by atoms with van der Waals surface area (Å²) in [6, 6.07) is 23.3. The smallest absolute Gasteiger partial charge is 0.339 e. The Kier molecular flexibility index (Phi) is 7.22. The van der Waals surface area contributed by atoms with E-state index in [0.29, 0.717) is 29.2 Å². The number of carbonyl (C=O) groups excluding carboxylic acids is 2. The summed E-state index contributed by atoms with van der Waals surface area (Å²) >= 11 is 0. The molecule has 1 N–H and O–H groups in total. The molecule has 1 amide bonds. The molecule has 0 aliphatic heterocycles. The van der Waals surface area contributed by atoms with Gasteiger partial charge in [-0.25, -0.2) is 4.79 Å². The van der Waals surface area contributed by atoms with E-state index >= 15 is 0 Å². The van der Waals surface area contributed by atoms with Crippen molar-refractivity contribution in [3.63, 3.8) is 0 Å². The number of nitrogens with one attached hydrogen (secondary N) is 1. The van der Waals surface area contributed by atoms with Gasteiger partial charge in [0, 0.05) is 5.56 Å². The molecule has 0 bridgehead atoms. The lowest BCUT2D eigenvalue weighted by Crippen LogP contribution is -2.26. The van der Waals surface area contributed by atoms with E-state index in [9.17, 15) is 9.59 Å². The summed E-state index contributed by atoms with van der Waals surface area (Å²) in [5, 5.41) is 2.83. The van der Waals surface area contributed by atoms with Crippen molar-refractivity contribution >= 4 is 17.6 Å². The van der Waals surface area contributed by atoms with E-state index < -0.39 is 18.0 Å². The minimum absolute atomic E-state index is 0.399. The predicted octanol–water partition coefficient (Wildman–Crippen LogP) is 5.18. The van der Waals surface area contributed by atoms with Crippen LogP contribution in [0.5, 0.6) is 5.75 Å². The molecule has 1 atom stereocenters. The van der Waals surface area contributed by atoms with Gasteiger partial charge in [0.1, 0.15) is 5.75 Å². The maximum atomic E-state index is 13.1. The molecule has 5 heteroatoms. The Balaban J connectivity index is 1.84. The van der Waals surface area contributed by atoms with Crippen LogP contribution in [0.1, 0.15) is 41.4 Å². The Morgan fingerprint density at radius 1 is 0.867 bits per heavy atom. The number of aryl methyl sites for hydroxylation is 1. The Morgan fingerprint density at radius 3 is 2.20 bits per heavy atom. The lowest BCUT2D eigenvalue weighted by Gasteiger charge is -2.19. The van der Waals surface area contributed by atoms with Gasteiger partial charge in [-0.05, 0) is 43.2 Å². The molecule has 0 fully saturated rings. The van der Waals surface area contributed by atoms with Gasteiger partial charge in [-0.2, -0.15) is 0 Å². The highest BCUT2D eigenvalue weighted by Crippen LogP contribution is 2.27. The van der Waals surface area contributed by atoms with E-state index in [1.54, 1.807) is 54.6 Å². The number of benzene rings is 3. The Bertz CT molecular complexity index is 984. The minimum atomic E-state index is -1.10. The minimum Gasteiger partial charge on any atom is -0.492 e. The van der Waals surface area contributed by atoms with Crippen LogP contribution in [-0.2, 0) is 16.0 Å². The highest BCUT2D eigenvalue weighted by Gasteiger charge is 2.26. The van der Waals surface area contributed by atoms with Crippen LogP contribution in [0.3, 0.4) is 0 Å². The van der Waals surface area contributed by atoms with Crippen molar-refractivity contribution in [1.82, 2.24) is 0 Å². The van der Waals surface area contributed by atoms with Crippen molar-refractivity contribution < 1.29 is 19.1 Å². The van der Waals surface area contributed by atoms with Crippen molar-refractivity contribution in [1.29, 1.82) is 0 Å². The molecule has 30 heavy (non-hydrogen) atoms. The van der Waals surface area contributed by atoms with Crippen molar-refractivity contribution in [2.75, 3.05) is 11.9 Å². The van der Waals surface area contributed by atoms with E-state index in [1.807, 2.05) is 38.1 Å². The number of para-hydroxylation sites is 2. The highest BCUT2D eigenvalue weighted by molar-refractivity contribution is 5.99. The van der Waals surface area contributed by atoms with Gasteiger partial charge in [0.05, 0.1) is 17.9 Å². The predicted molar refractivity (Wildman–Crippen MR) is 117 cm³/mol. The highest BCUT2D eigenvalue weighted by atomic mass is 16.5. The molecule has 3 rings (SSSR count). The van der Waals surface area contributed by atoms with Crippen LogP contribution in [-0.4, -0.2) is 18.5 Å². The molecule has 0 aromatic heterocycles. The maximum absolute atomic E-state index is 13.1. The molecular weight excluding hydrogens is 378 g/mol. The number of amides is 1. The third kappa shape index (κ3) is 5.26. The standard InChI is InChI=1S/C25H25NO4/c1-3-18-14-16-20(17-15-18)25(28)30-23(19-10-6-5-7-11-19)24(27)26-21-12-8-9-13-22(21)29-4-2/h5-17,23H,3-4H2,1-2H3,(H,26,27)/t23-/m1/s1. The van der Waals surface area contributed by atoms with Gasteiger partial charge >= 0.3 is 5.97 Å². The lowest BCUT2D eigenvalue weighted by molar-refractivity contribution is -0.125. The zero-order valence-electron chi connectivity index (χ0n) is 17.1. The van der Waals surface area contributed by atoms with Crippen molar-refractivity contribution in [3.8, 4) is 5.75 Å². The molecule has 0 unspecified atom stereocenters. The quantitative estimate of drug-likeness (QED) is 0.526. The number of carbonyl (C=O) groups is 2. The summed E-state index contributed by atoms with van der Waals surface area (Å²) in [5.41, 5.74) is 2.63. The summed E-state index contributed by atoms with van der Waals surface area (Å²) in [5.74, 6) is -0.451. The molecule has 0 radical (unpaired) electrons. The number of rotatable bonds is 8. The number of hydrogen-bond donors (Lipinski definition) is 1. The first kappa shape index (κ1) is 21.1. The lowest BCUT2D eigenvalue weighted by atomic mass is 10.1. The normalized spacial score (nSPS) is 11.4. The molecule has 0 aliphatic rings. The van der Waals surface area contributed by atoms with E-state index in [2.05, 4.69) is 5.32 Å². The Labute approximate surface area is 176 Å². The van der Waals surface area contributed by atoms with Crippen LogP contribution in [0, 0.1) is 0 Å². The molecular formula is C25H25NO4. The van der Waals surface area contributed by atoms with Gasteiger partial charge in [-0.15, -0.1) is 0 Å². The zero-order chi connectivity index (χ0) is 21.3. The average Bonchev–Trinajstić information content (AvgIpc) is 2.79. The number of esters is 1. The molecule has 3 aromatic carbocycles. The van der Waals surface area contributed by atoms with Crippen LogP contribution < -0.4 is 10.1 Å². The maximum Gasteiger partial charge on any atom is 0.339 e.